The van der Waals surface area contributed by atoms with Crippen molar-refractivity contribution in [3.05, 3.63) is 42.4 Å². The van der Waals surface area contributed by atoms with E-state index in [2.05, 4.69) is 10.3 Å². The molecule has 19 heavy (non-hydrogen) atoms. The molecule has 0 bridgehead atoms. The summed E-state index contributed by atoms with van der Waals surface area (Å²) in [5.74, 6) is 1.07. The van der Waals surface area contributed by atoms with Crippen LogP contribution in [0, 0.1) is 0 Å². The molecule has 0 spiro atoms. The fourth-order valence-corrected chi connectivity index (χ4v) is 1.79. The van der Waals surface area contributed by atoms with Gasteiger partial charge in [0.15, 0.2) is 11.9 Å². The van der Waals surface area contributed by atoms with Crippen LogP contribution in [0.2, 0.25) is 0 Å². The Morgan fingerprint density at radius 3 is 2.84 bits per heavy atom. The van der Waals surface area contributed by atoms with Crippen LogP contribution in [-0.4, -0.2) is 23.6 Å². The Hall–Kier alpha value is -2.14. The molecule has 1 aliphatic rings. The standard InChI is InChI=1S/C14H14N2O3/c1-9(16-13(17)12-8-18-12)14-15-7-11(19-14)10-5-3-2-4-6-10/h2-7,9,12H,8H2,1H3,(H,16,17). The van der Waals surface area contributed by atoms with Gasteiger partial charge in [0, 0.05) is 5.56 Å². The van der Waals surface area contributed by atoms with Crippen LogP contribution in [0.3, 0.4) is 0 Å². The fourth-order valence-electron chi connectivity index (χ4n) is 1.79. The lowest BCUT2D eigenvalue weighted by atomic mass is 10.2. The summed E-state index contributed by atoms with van der Waals surface area (Å²) in [5.41, 5.74) is 0.963. The third kappa shape index (κ3) is 2.66. The molecule has 1 aromatic carbocycles. The largest absolute Gasteiger partial charge is 0.438 e. The second kappa shape index (κ2) is 4.85. The molecule has 0 saturated carbocycles. The van der Waals surface area contributed by atoms with Crippen molar-refractivity contribution >= 4 is 5.91 Å². The van der Waals surface area contributed by atoms with E-state index in [9.17, 15) is 4.79 Å². The minimum Gasteiger partial charge on any atom is -0.438 e. The number of carbonyl (C=O) groups excluding carboxylic acids is 1. The average molecular weight is 258 g/mol. The first-order chi connectivity index (χ1) is 9.24. The number of benzene rings is 1. The molecule has 1 amide bonds. The minimum atomic E-state index is -0.300. The number of carbonyl (C=O) groups is 1. The number of rotatable bonds is 4. The van der Waals surface area contributed by atoms with Crippen molar-refractivity contribution < 1.29 is 13.9 Å². The quantitative estimate of drug-likeness (QED) is 0.851. The summed E-state index contributed by atoms with van der Waals surface area (Å²) >= 11 is 0. The fraction of sp³-hybridized carbons (Fsp3) is 0.286. The Labute approximate surface area is 110 Å². The molecular weight excluding hydrogens is 244 g/mol. The van der Waals surface area contributed by atoms with Gasteiger partial charge in [0.1, 0.15) is 6.04 Å². The highest BCUT2D eigenvalue weighted by atomic mass is 16.6. The molecule has 5 nitrogen and oxygen atoms in total. The first-order valence-corrected chi connectivity index (χ1v) is 6.17. The van der Waals surface area contributed by atoms with Crippen molar-refractivity contribution in [3.63, 3.8) is 0 Å². The van der Waals surface area contributed by atoms with Gasteiger partial charge >= 0.3 is 0 Å². The summed E-state index contributed by atoms with van der Waals surface area (Å²) in [6.07, 6.45) is 1.37. The lowest BCUT2D eigenvalue weighted by Crippen LogP contribution is -2.30. The number of amides is 1. The average Bonchev–Trinajstić information content (AvgIpc) is 3.17. The van der Waals surface area contributed by atoms with Gasteiger partial charge in [0.2, 0.25) is 5.89 Å². The molecule has 0 aliphatic carbocycles. The smallest absolute Gasteiger partial charge is 0.252 e. The predicted molar refractivity (Wildman–Crippen MR) is 68.2 cm³/mol. The number of nitrogens with one attached hydrogen (secondary N) is 1. The van der Waals surface area contributed by atoms with Crippen molar-refractivity contribution in [3.8, 4) is 11.3 Å². The van der Waals surface area contributed by atoms with Gasteiger partial charge in [-0.25, -0.2) is 4.98 Å². The summed E-state index contributed by atoms with van der Waals surface area (Å²) in [7, 11) is 0. The molecule has 0 radical (unpaired) electrons. The van der Waals surface area contributed by atoms with Crippen molar-refractivity contribution in [2.45, 2.75) is 19.1 Å². The Balaban J connectivity index is 1.72. The number of hydrogen-bond donors (Lipinski definition) is 1. The molecule has 2 unspecified atom stereocenters. The summed E-state index contributed by atoms with van der Waals surface area (Å²) < 4.78 is 10.6. The van der Waals surface area contributed by atoms with Gasteiger partial charge in [-0.2, -0.15) is 0 Å². The van der Waals surface area contributed by atoms with Crippen LogP contribution < -0.4 is 5.32 Å². The van der Waals surface area contributed by atoms with Crippen LogP contribution in [0.25, 0.3) is 11.3 Å². The maximum absolute atomic E-state index is 11.6. The summed E-state index contributed by atoms with van der Waals surface area (Å²) in [6, 6.07) is 9.45. The molecule has 2 aromatic rings. The number of hydrogen-bond acceptors (Lipinski definition) is 4. The van der Waals surface area contributed by atoms with Crippen molar-refractivity contribution in [1.29, 1.82) is 0 Å². The van der Waals surface area contributed by atoms with E-state index < -0.39 is 0 Å². The number of epoxide rings is 1. The van der Waals surface area contributed by atoms with Gasteiger partial charge in [-0.15, -0.1) is 0 Å². The molecule has 1 N–H and O–H groups in total. The highest BCUT2D eigenvalue weighted by Gasteiger charge is 2.32. The van der Waals surface area contributed by atoms with E-state index in [-0.39, 0.29) is 18.1 Å². The normalized spacial score (nSPS) is 18.9. The molecule has 3 rings (SSSR count). The zero-order valence-electron chi connectivity index (χ0n) is 10.5. The molecule has 1 saturated heterocycles. The number of ether oxygens (including phenoxy) is 1. The van der Waals surface area contributed by atoms with E-state index in [1.54, 1.807) is 6.20 Å². The second-order valence-corrected chi connectivity index (χ2v) is 4.48. The molecule has 1 fully saturated rings. The lowest BCUT2D eigenvalue weighted by Gasteiger charge is -2.08. The van der Waals surface area contributed by atoms with Crippen LogP contribution in [0.4, 0.5) is 0 Å². The highest BCUT2D eigenvalue weighted by molar-refractivity contribution is 5.83. The second-order valence-electron chi connectivity index (χ2n) is 4.48. The molecule has 5 heteroatoms. The zero-order chi connectivity index (χ0) is 13.2. The van der Waals surface area contributed by atoms with Gasteiger partial charge in [0.25, 0.3) is 5.91 Å². The predicted octanol–water partition coefficient (Wildman–Crippen LogP) is 1.92. The van der Waals surface area contributed by atoms with Gasteiger partial charge in [-0.1, -0.05) is 30.3 Å². The molecule has 1 aromatic heterocycles. The molecule has 2 atom stereocenters. The first-order valence-electron chi connectivity index (χ1n) is 6.17. The monoisotopic (exact) mass is 258 g/mol. The number of aromatic nitrogens is 1. The molecule has 2 heterocycles. The third-order valence-corrected chi connectivity index (χ3v) is 2.94. The summed E-state index contributed by atoms with van der Waals surface area (Å²) in [5, 5.41) is 2.80. The first kappa shape index (κ1) is 11.9. The SMILES string of the molecule is CC(NC(=O)C1CO1)c1ncc(-c2ccccc2)o1. The van der Waals surface area contributed by atoms with Crippen LogP contribution in [0.5, 0.6) is 0 Å². The number of oxazole rings is 1. The van der Waals surface area contributed by atoms with Crippen LogP contribution >= 0.6 is 0 Å². The molecular formula is C14H14N2O3. The van der Waals surface area contributed by atoms with E-state index in [1.165, 1.54) is 0 Å². The van der Waals surface area contributed by atoms with Crippen molar-refractivity contribution in [1.82, 2.24) is 10.3 Å². The maximum atomic E-state index is 11.6. The van der Waals surface area contributed by atoms with Gasteiger partial charge < -0.3 is 14.5 Å². The van der Waals surface area contributed by atoms with Gasteiger partial charge in [0.05, 0.1) is 12.8 Å². The van der Waals surface area contributed by atoms with Crippen LogP contribution in [-0.2, 0) is 9.53 Å². The van der Waals surface area contributed by atoms with E-state index in [0.29, 0.717) is 18.3 Å². The third-order valence-electron chi connectivity index (χ3n) is 2.94. The summed E-state index contributed by atoms with van der Waals surface area (Å²) in [6.45, 7) is 2.33. The van der Waals surface area contributed by atoms with E-state index in [1.807, 2.05) is 37.3 Å². The Bertz CT molecular complexity index is 575. The van der Waals surface area contributed by atoms with Crippen LogP contribution in [0.15, 0.2) is 40.9 Å². The Morgan fingerprint density at radius 2 is 2.16 bits per heavy atom. The van der Waals surface area contributed by atoms with Crippen molar-refractivity contribution in [2.75, 3.05) is 6.61 Å². The van der Waals surface area contributed by atoms with Gasteiger partial charge in [-0.3, -0.25) is 4.79 Å². The lowest BCUT2D eigenvalue weighted by molar-refractivity contribution is -0.123. The van der Waals surface area contributed by atoms with E-state index >= 15 is 0 Å². The molecule has 98 valence electrons. The van der Waals surface area contributed by atoms with E-state index in [4.69, 9.17) is 9.15 Å². The van der Waals surface area contributed by atoms with E-state index in [0.717, 1.165) is 5.56 Å². The zero-order valence-corrected chi connectivity index (χ0v) is 10.5. The maximum Gasteiger partial charge on any atom is 0.252 e. The van der Waals surface area contributed by atoms with Crippen molar-refractivity contribution in [2.24, 2.45) is 0 Å². The summed E-state index contributed by atoms with van der Waals surface area (Å²) in [4.78, 5) is 15.8. The highest BCUT2D eigenvalue weighted by Crippen LogP contribution is 2.23. The number of nitrogens with zero attached hydrogens (tertiary/aromatic N) is 1. The Morgan fingerprint density at radius 1 is 1.42 bits per heavy atom. The Kier molecular flexibility index (Phi) is 3.05. The minimum absolute atomic E-state index is 0.119. The molecule has 1 aliphatic heterocycles. The van der Waals surface area contributed by atoms with Crippen LogP contribution in [0.1, 0.15) is 18.9 Å². The van der Waals surface area contributed by atoms with Gasteiger partial charge in [-0.05, 0) is 6.92 Å². The topological polar surface area (TPSA) is 67.7 Å².